The number of anilines is 3. The van der Waals surface area contributed by atoms with Crippen molar-refractivity contribution in [3.05, 3.63) is 83.9 Å². The molecule has 3 aromatic carbocycles. The number of amides is 2. The zero-order chi connectivity index (χ0) is 23.0. The van der Waals surface area contributed by atoms with Crippen LogP contribution in [0.3, 0.4) is 0 Å². The minimum Gasteiger partial charge on any atom is -0.494 e. The van der Waals surface area contributed by atoms with Gasteiger partial charge in [-0.1, -0.05) is 30.3 Å². The molecule has 33 heavy (non-hydrogen) atoms. The van der Waals surface area contributed by atoms with Crippen LogP contribution in [0, 0.1) is 0 Å². The molecular formula is C27H29N3O3. The van der Waals surface area contributed by atoms with Crippen molar-refractivity contribution in [1.82, 2.24) is 0 Å². The molecule has 4 rings (SSSR count). The molecule has 0 saturated carbocycles. The van der Waals surface area contributed by atoms with E-state index in [1.165, 1.54) is 5.56 Å². The van der Waals surface area contributed by atoms with Gasteiger partial charge in [-0.2, -0.15) is 0 Å². The summed E-state index contributed by atoms with van der Waals surface area (Å²) in [5.74, 6) is 0.776. The maximum absolute atomic E-state index is 12.3. The van der Waals surface area contributed by atoms with Gasteiger partial charge in [0, 0.05) is 35.9 Å². The van der Waals surface area contributed by atoms with E-state index in [-0.39, 0.29) is 17.9 Å². The summed E-state index contributed by atoms with van der Waals surface area (Å²) in [5.41, 5.74) is 4.94. The van der Waals surface area contributed by atoms with Crippen LogP contribution in [0.15, 0.2) is 72.8 Å². The second kappa shape index (κ2) is 10.7. The Kier molecular flexibility index (Phi) is 7.25. The molecule has 0 fully saturated rings. The Bertz CT molecular complexity index is 1100. The first kappa shape index (κ1) is 22.4. The van der Waals surface area contributed by atoms with Crippen molar-refractivity contribution in [2.24, 2.45) is 0 Å². The molecule has 0 aromatic heterocycles. The van der Waals surface area contributed by atoms with Gasteiger partial charge in [0.05, 0.1) is 6.61 Å². The lowest BCUT2D eigenvalue weighted by atomic mass is 10.0. The van der Waals surface area contributed by atoms with Crippen molar-refractivity contribution in [3.8, 4) is 5.75 Å². The van der Waals surface area contributed by atoms with Gasteiger partial charge in [-0.25, -0.2) is 0 Å². The fourth-order valence-electron chi connectivity index (χ4n) is 3.82. The lowest BCUT2D eigenvalue weighted by Gasteiger charge is -2.17. The summed E-state index contributed by atoms with van der Waals surface area (Å²) in [4.78, 5) is 23.7. The zero-order valence-electron chi connectivity index (χ0n) is 18.8. The van der Waals surface area contributed by atoms with Gasteiger partial charge in [0.25, 0.3) is 0 Å². The Balaban J connectivity index is 1.18. The molecule has 1 aliphatic rings. The molecule has 6 nitrogen and oxygen atoms in total. The van der Waals surface area contributed by atoms with Gasteiger partial charge in [-0.05, 0) is 73.4 Å². The first-order valence-electron chi connectivity index (χ1n) is 11.3. The second-order valence-electron chi connectivity index (χ2n) is 8.22. The number of benzene rings is 3. The van der Waals surface area contributed by atoms with Gasteiger partial charge < -0.3 is 20.7 Å². The first-order chi connectivity index (χ1) is 16.1. The van der Waals surface area contributed by atoms with Gasteiger partial charge in [0.15, 0.2) is 0 Å². The summed E-state index contributed by atoms with van der Waals surface area (Å²) >= 11 is 0. The Hall–Kier alpha value is -3.80. The molecule has 0 radical (unpaired) electrons. The van der Waals surface area contributed by atoms with Crippen LogP contribution in [0.25, 0.3) is 0 Å². The van der Waals surface area contributed by atoms with E-state index in [9.17, 15) is 9.59 Å². The van der Waals surface area contributed by atoms with E-state index < -0.39 is 0 Å². The molecule has 0 aliphatic carbocycles. The van der Waals surface area contributed by atoms with E-state index in [0.717, 1.165) is 34.8 Å². The van der Waals surface area contributed by atoms with Gasteiger partial charge in [0.2, 0.25) is 11.8 Å². The lowest BCUT2D eigenvalue weighted by molar-refractivity contribution is -0.117. The van der Waals surface area contributed by atoms with Crippen molar-refractivity contribution in [1.29, 1.82) is 0 Å². The fourth-order valence-corrected chi connectivity index (χ4v) is 3.82. The zero-order valence-corrected chi connectivity index (χ0v) is 18.8. The number of ether oxygens (including phenoxy) is 1. The third-order valence-electron chi connectivity index (χ3n) is 5.64. The van der Waals surface area contributed by atoms with E-state index in [1.807, 2.05) is 60.7 Å². The van der Waals surface area contributed by atoms with Crippen LogP contribution < -0.4 is 20.7 Å². The summed E-state index contributed by atoms with van der Waals surface area (Å²) in [6.07, 6.45) is 2.22. The quantitative estimate of drug-likeness (QED) is 0.379. The number of hydrogen-bond donors (Lipinski definition) is 3. The van der Waals surface area contributed by atoms with Gasteiger partial charge >= 0.3 is 0 Å². The van der Waals surface area contributed by atoms with E-state index in [0.29, 0.717) is 25.9 Å². The van der Waals surface area contributed by atoms with Crippen molar-refractivity contribution in [2.75, 3.05) is 22.6 Å². The molecule has 3 N–H and O–H groups in total. The third-order valence-corrected chi connectivity index (χ3v) is 5.64. The Labute approximate surface area is 194 Å². The highest BCUT2D eigenvalue weighted by Gasteiger charge is 2.15. The molecule has 1 unspecified atom stereocenters. The SMILES string of the molecule is CC(Nc1ccc(NC(=O)CCCOc2ccc3c(c2)CCC(=O)N3)cc1)c1ccccc1. The van der Waals surface area contributed by atoms with E-state index >= 15 is 0 Å². The summed E-state index contributed by atoms with van der Waals surface area (Å²) in [6.45, 7) is 2.58. The molecular weight excluding hydrogens is 414 g/mol. The number of carbonyl (C=O) groups is 2. The molecule has 170 valence electrons. The van der Waals surface area contributed by atoms with E-state index in [2.05, 4.69) is 35.0 Å². The second-order valence-corrected chi connectivity index (χ2v) is 8.22. The lowest BCUT2D eigenvalue weighted by Crippen LogP contribution is -2.18. The molecule has 1 aliphatic heterocycles. The molecule has 1 atom stereocenters. The average molecular weight is 444 g/mol. The molecule has 1 heterocycles. The van der Waals surface area contributed by atoms with Gasteiger partial charge in [0.1, 0.15) is 5.75 Å². The number of hydrogen-bond acceptors (Lipinski definition) is 4. The smallest absolute Gasteiger partial charge is 0.224 e. The van der Waals surface area contributed by atoms with Crippen LogP contribution >= 0.6 is 0 Å². The molecule has 6 heteroatoms. The third kappa shape index (κ3) is 6.35. The topological polar surface area (TPSA) is 79.5 Å². The number of aryl methyl sites for hydroxylation is 1. The Morgan fingerprint density at radius 3 is 2.55 bits per heavy atom. The Morgan fingerprint density at radius 2 is 1.76 bits per heavy atom. The van der Waals surface area contributed by atoms with Crippen molar-refractivity contribution >= 4 is 28.9 Å². The summed E-state index contributed by atoms with van der Waals surface area (Å²) in [7, 11) is 0. The maximum Gasteiger partial charge on any atom is 0.224 e. The molecule has 2 amide bonds. The monoisotopic (exact) mass is 443 g/mol. The highest BCUT2D eigenvalue weighted by molar-refractivity contribution is 5.94. The highest BCUT2D eigenvalue weighted by atomic mass is 16.5. The number of nitrogens with one attached hydrogen (secondary N) is 3. The molecule has 3 aromatic rings. The normalized spacial score (nSPS) is 13.4. The minimum absolute atomic E-state index is 0.0369. The molecule has 0 bridgehead atoms. The predicted octanol–water partition coefficient (Wildman–Crippen LogP) is 5.54. The standard InChI is InChI=1S/C27H29N3O3/c1-19(20-6-3-2-4-7-20)28-22-10-12-23(13-11-22)29-26(31)8-5-17-33-24-14-15-25-21(18-24)9-16-27(32)30-25/h2-4,6-7,10-15,18-19,28H,5,8-9,16-17H2,1H3,(H,29,31)(H,30,32). The summed E-state index contributed by atoms with van der Waals surface area (Å²) in [5, 5.41) is 9.26. The van der Waals surface area contributed by atoms with Crippen LogP contribution in [0.2, 0.25) is 0 Å². The van der Waals surface area contributed by atoms with Gasteiger partial charge in [-0.15, -0.1) is 0 Å². The molecule has 0 spiro atoms. The van der Waals surface area contributed by atoms with Crippen LogP contribution in [0.5, 0.6) is 5.75 Å². The van der Waals surface area contributed by atoms with Crippen LogP contribution in [0.4, 0.5) is 17.1 Å². The van der Waals surface area contributed by atoms with Crippen LogP contribution in [-0.2, 0) is 16.0 Å². The number of rotatable bonds is 9. The summed E-state index contributed by atoms with van der Waals surface area (Å²) in [6, 6.07) is 23.9. The maximum atomic E-state index is 12.3. The first-order valence-corrected chi connectivity index (χ1v) is 11.3. The summed E-state index contributed by atoms with van der Waals surface area (Å²) < 4.78 is 5.79. The van der Waals surface area contributed by atoms with Crippen LogP contribution in [0.1, 0.15) is 43.4 Å². The van der Waals surface area contributed by atoms with Crippen molar-refractivity contribution in [2.45, 2.75) is 38.6 Å². The van der Waals surface area contributed by atoms with E-state index in [1.54, 1.807) is 0 Å². The predicted molar refractivity (Wildman–Crippen MR) is 132 cm³/mol. The fraction of sp³-hybridized carbons (Fsp3) is 0.259. The van der Waals surface area contributed by atoms with Crippen molar-refractivity contribution in [3.63, 3.8) is 0 Å². The largest absolute Gasteiger partial charge is 0.494 e. The molecule has 0 saturated heterocycles. The highest BCUT2D eigenvalue weighted by Crippen LogP contribution is 2.27. The van der Waals surface area contributed by atoms with Crippen LogP contribution in [-0.4, -0.2) is 18.4 Å². The van der Waals surface area contributed by atoms with Crippen molar-refractivity contribution < 1.29 is 14.3 Å². The number of fused-ring (bicyclic) bond motifs is 1. The van der Waals surface area contributed by atoms with Gasteiger partial charge in [-0.3, -0.25) is 9.59 Å². The minimum atomic E-state index is -0.0369. The average Bonchev–Trinajstić information content (AvgIpc) is 2.83. The van der Waals surface area contributed by atoms with E-state index in [4.69, 9.17) is 4.74 Å². The number of carbonyl (C=O) groups excluding carboxylic acids is 2. The Morgan fingerprint density at radius 1 is 1.00 bits per heavy atom.